The topological polar surface area (TPSA) is 39.2 Å². The Morgan fingerprint density at radius 3 is 2.36 bits per heavy atom. The molecule has 3 heteroatoms. The number of esters is 1. The van der Waals surface area contributed by atoms with E-state index in [2.05, 4.69) is 11.1 Å². The van der Waals surface area contributed by atoms with Gasteiger partial charge in [0.25, 0.3) is 0 Å². The molecule has 0 aliphatic carbocycles. The highest BCUT2D eigenvalue weighted by Gasteiger charge is 2.17. The van der Waals surface area contributed by atoms with Crippen molar-refractivity contribution in [3.05, 3.63) is 95.7 Å². The lowest BCUT2D eigenvalue weighted by molar-refractivity contribution is -0.133. The Kier molecular flexibility index (Phi) is 4.90. The molecule has 1 aromatic heterocycles. The van der Waals surface area contributed by atoms with Crippen LogP contribution in [-0.4, -0.2) is 11.0 Å². The van der Waals surface area contributed by atoms with Gasteiger partial charge in [-0.15, -0.1) is 0 Å². The van der Waals surface area contributed by atoms with E-state index in [0.29, 0.717) is 11.4 Å². The van der Waals surface area contributed by atoms with Crippen LogP contribution < -0.4 is 4.74 Å². The molecule has 0 aliphatic rings. The summed E-state index contributed by atoms with van der Waals surface area (Å²) in [5, 5.41) is 1.84. The maximum Gasteiger partial charge on any atom is 0.315 e. The second kappa shape index (κ2) is 7.65. The highest BCUT2D eigenvalue weighted by atomic mass is 16.5. The molecule has 0 N–H and O–H groups in total. The molecule has 0 amide bonds. The summed E-state index contributed by atoms with van der Waals surface area (Å²) in [6.45, 7) is 4.06. The number of fused-ring (bicyclic) bond motifs is 1. The first-order valence-corrected chi connectivity index (χ1v) is 9.31. The van der Waals surface area contributed by atoms with Gasteiger partial charge in [0.15, 0.2) is 5.75 Å². The van der Waals surface area contributed by atoms with Crippen molar-refractivity contribution in [2.75, 3.05) is 0 Å². The number of rotatable bonds is 4. The molecule has 4 rings (SSSR count). The fourth-order valence-corrected chi connectivity index (χ4v) is 3.24. The van der Waals surface area contributed by atoms with Gasteiger partial charge in [0, 0.05) is 22.5 Å². The van der Waals surface area contributed by atoms with Crippen LogP contribution in [0.2, 0.25) is 0 Å². The number of hydrogen-bond donors (Lipinski definition) is 0. The molecular formula is C25H21NO2. The van der Waals surface area contributed by atoms with Gasteiger partial charge < -0.3 is 4.74 Å². The normalized spacial score (nSPS) is 10.8. The molecule has 4 aromatic rings. The van der Waals surface area contributed by atoms with E-state index >= 15 is 0 Å². The quantitative estimate of drug-likeness (QED) is 0.437. The Morgan fingerprint density at radius 2 is 1.61 bits per heavy atom. The maximum atomic E-state index is 12.7. The van der Waals surface area contributed by atoms with Crippen molar-refractivity contribution in [2.24, 2.45) is 0 Å². The zero-order chi connectivity index (χ0) is 19.5. The second-order valence-electron chi connectivity index (χ2n) is 7.03. The Morgan fingerprint density at radius 1 is 0.893 bits per heavy atom. The second-order valence-corrected chi connectivity index (χ2v) is 7.03. The van der Waals surface area contributed by atoms with E-state index in [9.17, 15) is 4.79 Å². The smallest absolute Gasteiger partial charge is 0.315 e. The molecule has 0 fully saturated rings. The number of aryl methyl sites for hydroxylation is 2. The number of ether oxygens (including phenoxy) is 1. The molecule has 0 bridgehead atoms. The molecular weight excluding hydrogens is 346 g/mol. The van der Waals surface area contributed by atoms with E-state index in [1.165, 1.54) is 0 Å². The van der Waals surface area contributed by atoms with Crippen molar-refractivity contribution >= 4 is 16.7 Å². The average molecular weight is 367 g/mol. The summed E-state index contributed by atoms with van der Waals surface area (Å²) in [4.78, 5) is 17.3. The molecule has 3 nitrogen and oxygen atoms in total. The number of aromatic nitrogens is 1. The van der Waals surface area contributed by atoms with Gasteiger partial charge in [-0.3, -0.25) is 9.78 Å². The molecule has 0 saturated carbocycles. The lowest BCUT2D eigenvalue weighted by Gasteiger charge is -2.13. The minimum atomic E-state index is -0.295. The van der Waals surface area contributed by atoms with E-state index in [4.69, 9.17) is 4.74 Å². The molecule has 0 unspecified atom stereocenters. The SMILES string of the molecule is Cc1ccc(CC(=O)Oc2c(-c3ccccc3)ncc3cc(C)ccc23)cc1. The molecule has 138 valence electrons. The summed E-state index contributed by atoms with van der Waals surface area (Å²) in [5.74, 6) is 0.219. The first kappa shape index (κ1) is 17.9. The Balaban J connectivity index is 1.74. The summed E-state index contributed by atoms with van der Waals surface area (Å²) < 4.78 is 5.89. The first-order chi connectivity index (χ1) is 13.6. The standard InChI is InChI=1S/C25H21NO2/c1-17-8-11-19(12-9-17)15-23(27)28-25-22-13-10-18(2)14-21(22)16-26-24(25)20-6-4-3-5-7-20/h3-14,16H,15H2,1-2H3. The number of pyridine rings is 1. The average Bonchev–Trinajstić information content (AvgIpc) is 2.70. The number of benzene rings is 3. The van der Waals surface area contributed by atoms with Crippen molar-refractivity contribution in [3.8, 4) is 17.0 Å². The van der Waals surface area contributed by atoms with Crippen molar-refractivity contribution in [2.45, 2.75) is 20.3 Å². The zero-order valence-corrected chi connectivity index (χ0v) is 16.0. The fraction of sp³-hybridized carbons (Fsp3) is 0.120. The third-order valence-electron chi connectivity index (χ3n) is 4.73. The van der Waals surface area contributed by atoms with Crippen molar-refractivity contribution in [3.63, 3.8) is 0 Å². The summed E-state index contributed by atoms with van der Waals surface area (Å²) in [6.07, 6.45) is 2.05. The number of carbonyl (C=O) groups excluding carboxylic acids is 1. The van der Waals surface area contributed by atoms with E-state index in [1.807, 2.05) is 86.8 Å². The highest BCUT2D eigenvalue weighted by Crippen LogP contribution is 2.35. The molecule has 0 spiro atoms. The van der Waals surface area contributed by atoms with Gasteiger partial charge >= 0.3 is 5.97 Å². The van der Waals surface area contributed by atoms with Gasteiger partial charge in [-0.2, -0.15) is 0 Å². The van der Waals surface area contributed by atoms with Gasteiger partial charge in [0.2, 0.25) is 0 Å². The van der Waals surface area contributed by atoms with Gasteiger partial charge in [-0.05, 0) is 25.5 Å². The van der Waals surface area contributed by atoms with Crippen LogP contribution in [0.5, 0.6) is 5.75 Å². The number of carbonyl (C=O) groups is 1. The van der Waals surface area contributed by atoms with Crippen LogP contribution >= 0.6 is 0 Å². The fourth-order valence-electron chi connectivity index (χ4n) is 3.24. The molecule has 28 heavy (non-hydrogen) atoms. The predicted molar refractivity (Wildman–Crippen MR) is 112 cm³/mol. The van der Waals surface area contributed by atoms with Crippen LogP contribution in [0.15, 0.2) is 79.0 Å². The zero-order valence-electron chi connectivity index (χ0n) is 16.0. The highest BCUT2D eigenvalue weighted by molar-refractivity contribution is 5.95. The number of hydrogen-bond acceptors (Lipinski definition) is 3. The summed E-state index contributed by atoms with van der Waals surface area (Å²) in [5.41, 5.74) is 4.83. The first-order valence-electron chi connectivity index (χ1n) is 9.31. The van der Waals surface area contributed by atoms with Crippen LogP contribution in [-0.2, 0) is 11.2 Å². The van der Waals surface area contributed by atoms with E-state index in [0.717, 1.165) is 33.0 Å². The van der Waals surface area contributed by atoms with Crippen molar-refractivity contribution in [1.82, 2.24) is 4.98 Å². The van der Waals surface area contributed by atoms with Crippen LogP contribution in [0, 0.1) is 13.8 Å². The Bertz CT molecular complexity index is 1130. The monoisotopic (exact) mass is 367 g/mol. The molecule has 0 saturated heterocycles. The summed E-state index contributed by atoms with van der Waals surface area (Å²) in [6, 6.07) is 23.8. The molecule has 1 heterocycles. The van der Waals surface area contributed by atoms with Gasteiger partial charge in [-0.25, -0.2) is 0 Å². The van der Waals surface area contributed by atoms with E-state index in [-0.39, 0.29) is 12.4 Å². The van der Waals surface area contributed by atoms with Gasteiger partial charge in [0.05, 0.1) is 6.42 Å². The largest absolute Gasteiger partial charge is 0.423 e. The van der Waals surface area contributed by atoms with Crippen LogP contribution in [0.4, 0.5) is 0 Å². The molecule has 0 radical (unpaired) electrons. The summed E-state index contributed by atoms with van der Waals surface area (Å²) >= 11 is 0. The summed E-state index contributed by atoms with van der Waals surface area (Å²) in [7, 11) is 0. The van der Waals surface area contributed by atoms with Crippen LogP contribution in [0.3, 0.4) is 0 Å². The van der Waals surface area contributed by atoms with Crippen LogP contribution in [0.25, 0.3) is 22.0 Å². The van der Waals surface area contributed by atoms with Crippen molar-refractivity contribution in [1.29, 1.82) is 0 Å². The van der Waals surface area contributed by atoms with E-state index < -0.39 is 0 Å². The van der Waals surface area contributed by atoms with Gasteiger partial charge in [0.1, 0.15) is 5.69 Å². The predicted octanol–water partition coefficient (Wildman–Crippen LogP) is 5.67. The maximum absolute atomic E-state index is 12.7. The molecule has 3 aromatic carbocycles. The molecule has 0 atom stereocenters. The Labute approximate surface area is 164 Å². The van der Waals surface area contributed by atoms with Crippen molar-refractivity contribution < 1.29 is 9.53 Å². The molecule has 0 aliphatic heterocycles. The third-order valence-corrected chi connectivity index (χ3v) is 4.73. The lowest BCUT2D eigenvalue weighted by atomic mass is 10.0. The Hall–Kier alpha value is -3.46. The minimum Gasteiger partial charge on any atom is -0.423 e. The van der Waals surface area contributed by atoms with Crippen LogP contribution in [0.1, 0.15) is 16.7 Å². The number of nitrogens with zero attached hydrogens (tertiary/aromatic N) is 1. The third kappa shape index (κ3) is 3.79. The van der Waals surface area contributed by atoms with Gasteiger partial charge in [-0.1, -0.05) is 77.9 Å². The minimum absolute atomic E-state index is 0.219. The lowest BCUT2D eigenvalue weighted by Crippen LogP contribution is -2.12. The van der Waals surface area contributed by atoms with E-state index in [1.54, 1.807) is 0 Å².